The predicted octanol–water partition coefficient (Wildman–Crippen LogP) is 4.72. The third-order valence-corrected chi connectivity index (χ3v) is 3.84. The van der Waals surface area contributed by atoms with E-state index in [4.69, 9.17) is 4.98 Å². The van der Waals surface area contributed by atoms with E-state index in [0.29, 0.717) is 5.92 Å². The van der Waals surface area contributed by atoms with E-state index in [1.807, 2.05) is 0 Å². The zero-order chi connectivity index (χ0) is 14.2. The summed E-state index contributed by atoms with van der Waals surface area (Å²) in [5, 5.41) is 4.80. The van der Waals surface area contributed by atoms with Crippen molar-refractivity contribution in [1.82, 2.24) is 4.98 Å². The second-order valence-corrected chi connectivity index (χ2v) is 5.57. The zero-order valence-electron chi connectivity index (χ0n) is 12.9. The van der Waals surface area contributed by atoms with Crippen LogP contribution in [-0.2, 0) is 0 Å². The molecule has 0 aliphatic heterocycles. The van der Waals surface area contributed by atoms with Gasteiger partial charge in [-0.25, -0.2) is 0 Å². The Morgan fingerprint density at radius 3 is 2.42 bits per heavy atom. The lowest BCUT2D eigenvalue weighted by Gasteiger charge is -2.20. The Hall–Kier alpha value is -1.57. The van der Waals surface area contributed by atoms with Gasteiger partial charge >= 0.3 is 0 Å². The summed E-state index contributed by atoms with van der Waals surface area (Å²) < 4.78 is 0. The molecule has 0 amide bonds. The molecule has 2 heteroatoms. The number of aryl methyl sites for hydroxylation is 3. The SMILES string of the molecule is CCNc1c(C(C)C)c(C)nc2c(C)c(C)ccc12. The largest absolute Gasteiger partial charge is 0.384 e. The molecule has 2 aromatic rings. The van der Waals surface area contributed by atoms with Crippen LogP contribution in [0.15, 0.2) is 12.1 Å². The second kappa shape index (κ2) is 5.20. The third kappa shape index (κ3) is 2.32. The van der Waals surface area contributed by atoms with Crippen molar-refractivity contribution in [2.24, 2.45) is 0 Å². The summed E-state index contributed by atoms with van der Waals surface area (Å²) >= 11 is 0. The number of anilines is 1. The molecule has 1 aromatic carbocycles. The zero-order valence-corrected chi connectivity index (χ0v) is 12.9. The molecule has 1 N–H and O–H groups in total. The van der Waals surface area contributed by atoms with Gasteiger partial charge in [0.15, 0.2) is 0 Å². The summed E-state index contributed by atoms with van der Waals surface area (Å²) in [6.45, 7) is 14.0. The first-order chi connectivity index (χ1) is 8.97. The summed E-state index contributed by atoms with van der Waals surface area (Å²) in [5.74, 6) is 0.479. The third-order valence-electron chi connectivity index (χ3n) is 3.84. The average Bonchev–Trinajstić information content (AvgIpc) is 2.34. The van der Waals surface area contributed by atoms with Gasteiger partial charge in [0.05, 0.1) is 5.52 Å². The monoisotopic (exact) mass is 256 g/mol. The first-order valence-corrected chi connectivity index (χ1v) is 7.11. The van der Waals surface area contributed by atoms with Crippen LogP contribution >= 0.6 is 0 Å². The Bertz CT molecular complexity index is 612. The molecule has 0 spiro atoms. The van der Waals surface area contributed by atoms with Crippen molar-refractivity contribution in [1.29, 1.82) is 0 Å². The molecular formula is C17H24N2. The highest BCUT2D eigenvalue weighted by molar-refractivity contribution is 5.96. The van der Waals surface area contributed by atoms with E-state index in [0.717, 1.165) is 17.8 Å². The van der Waals surface area contributed by atoms with Gasteiger partial charge in [-0.05, 0) is 50.3 Å². The Morgan fingerprint density at radius 2 is 1.84 bits per heavy atom. The van der Waals surface area contributed by atoms with Crippen LogP contribution in [0.2, 0.25) is 0 Å². The second-order valence-electron chi connectivity index (χ2n) is 5.57. The predicted molar refractivity (Wildman–Crippen MR) is 84.2 cm³/mol. The molecule has 0 saturated heterocycles. The number of benzene rings is 1. The summed E-state index contributed by atoms with van der Waals surface area (Å²) in [7, 11) is 0. The van der Waals surface area contributed by atoms with Crippen LogP contribution in [0.1, 0.15) is 49.1 Å². The van der Waals surface area contributed by atoms with Crippen LogP contribution < -0.4 is 5.32 Å². The van der Waals surface area contributed by atoms with Crippen molar-refractivity contribution in [2.75, 3.05) is 11.9 Å². The molecule has 0 atom stereocenters. The summed E-state index contributed by atoms with van der Waals surface area (Å²) in [6, 6.07) is 4.40. The van der Waals surface area contributed by atoms with Crippen LogP contribution in [-0.4, -0.2) is 11.5 Å². The number of pyridine rings is 1. The van der Waals surface area contributed by atoms with Gasteiger partial charge in [0.2, 0.25) is 0 Å². The fraction of sp³-hybridized carbons (Fsp3) is 0.471. The van der Waals surface area contributed by atoms with Gasteiger partial charge in [-0.2, -0.15) is 0 Å². The summed E-state index contributed by atoms with van der Waals surface area (Å²) in [4.78, 5) is 4.86. The van der Waals surface area contributed by atoms with E-state index in [1.165, 1.54) is 27.8 Å². The van der Waals surface area contributed by atoms with Crippen LogP contribution in [0.4, 0.5) is 5.69 Å². The van der Waals surface area contributed by atoms with Crippen LogP contribution in [0.3, 0.4) is 0 Å². The fourth-order valence-electron chi connectivity index (χ4n) is 2.77. The molecule has 1 heterocycles. The Labute approximate surface area is 116 Å². The molecule has 0 bridgehead atoms. The number of aromatic nitrogens is 1. The van der Waals surface area contributed by atoms with E-state index in [-0.39, 0.29) is 0 Å². The van der Waals surface area contributed by atoms with Crippen LogP contribution in [0, 0.1) is 20.8 Å². The minimum Gasteiger partial charge on any atom is -0.384 e. The highest BCUT2D eigenvalue weighted by Gasteiger charge is 2.16. The van der Waals surface area contributed by atoms with Crippen LogP contribution in [0.25, 0.3) is 10.9 Å². The molecular weight excluding hydrogens is 232 g/mol. The molecule has 102 valence electrons. The highest BCUT2D eigenvalue weighted by atomic mass is 14.9. The Morgan fingerprint density at radius 1 is 1.16 bits per heavy atom. The Kier molecular flexibility index (Phi) is 3.79. The summed E-state index contributed by atoms with van der Waals surface area (Å²) in [6.07, 6.45) is 0. The van der Waals surface area contributed by atoms with Gasteiger partial charge in [-0.15, -0.1) is 0 Å². The number of rotatable bonds is 3. The lowest BCUT2D eigenvalue weighted by molar-refractivity contribution is 0.847. The van der Waals surface area contributed by atoms with E-state index >= 15 is 0 Å². The first-order valence-electron chi connectivity index (χ1n) is 7.11. The topological polar surface area (TPSA) is 24.9 Å². The molecule has 2 rings (SSSR count). The number of fused-ring (bicyclic) bond motifs is 1. The molecule has 2 nitrogen and oxygen atoms in total. The van der Waals surface area contributed by atoms with Gasteiger partial charge in [0.25, 0.3) is 0 Å². The molecule has 0 aliphatic carbocycles. The molecule has 0 aliphatic rings. The van der Waals surface area contributed by atoms with Crippen molar-refractivity contribution in [2.45, 2.75) is 47.5 Å². The van der Waals surface area contributed by atoms with Gasteiger partial charge in [-0.1, -0.05) is 26.0 Å². The van der Waals surface area contributed by atoms with E-state index in [9.17, 15) is 0 Å². The maximum Gasteiger partial charge on any atom is 0.0757 e. The maximum absolute atomic E-state index is 4.86. The Balaban J connectivity index is 2.88. The van der Waals surface area contributed by atoms with Crippen LogP contribution in [0.5, 0.6) is 0 Å². The fourth-order valence-corrected chi connectivity index (χ4v) is 2.77. The smallest absolute Gasteiger partial charge is 0.0757 e. The normalized spacial score (nSPS) is 11.3. The lowest BCUT2D eigenvalue weighted by Crippen LogP contribution is -2.07. The van der Waals surface area contributed by atoms with E-state index in [2.05, 4.69) is 59.0 Å². The van der Waals surface area contributed by atoms with Crippen molar-refractivity contribution in [3.05, 3.63) is 34.5 Å². The molecule has 0 radical (unpaired) electrons. The van der Waals surface area contributed by atoms with Crippen molar-refractivity contribution in [3.8, 4) is 0 Å². The van der Waals surface area contributed by atoms with Crippen molar-refractivity contribution < 1.29 is 0 Å². The molecule has 0 fully saturated rings. The van der Waals surface area contributed by atoms with Gasteiger partial charge < -0.3 is 5.32 Å². The minimum absolute atomic E-state index is 0.479. The summed E-state index contributed by atoms with van der Waals surface area (Å²) in [5.41, 5.74) is 7.49. The molecule has 0 unspecified atom stereocenters. The van der Waals surface area contributed by atoms with Crippen molar-refractivity contribution in [3.63, 3.8) is 0 Å². The van der Waals surface area contributed by atoms with Gasteiger partial charge in [0.1, 0.15) is 0 Å². The maximum atomic E-state index is 4.86. The standard InChI is InChI=1S/C17H24N2/c1-7-18-17-14-9-8-11(4)12(5)16(14)19-13(6)15(17)10(2)3/h8-10H,7H2,1-6H3,(H,18,19). The number of nitrogens with zero attached hydrogens (tertiary/aromatic N) is 1. The average molecular weight is 256 g/mol. The molecule has 0 saturated carbocycles. The number of nitrogens with one attached hydrogen (secondary N) is 1. The van der Waals surface area contributed by atoms with Gasteiger partial charge in [-0.3, -0.25) is 4.98 Å². The number of hydrogen-bond donors (Lipinski definition) is 1. The molecule has 19 heavy (non-hydrogen) atoms. The van der Waals surface area contributed by atoms with Crippen molar-refractivity contribution >= 4 is 16.6 Å². The van der Waals surface area contributed by atoms with E-state index < -0.39 is 0 Å². The first kappa shape index (κ1) is 13.9. The van der Waals surface area contributed by atoms with Gasteiger partial charge in [0, 0.05) is 23.3 Å². The highest BCUT2D eigenvalue weighted by Crippen LogP contribution is 2.35. The quantitative estimate of drug-likeness (QED) is 0.859. The van der Waals surface area contributed by atoms with E-state index in [1.54, 1.807) is 0 Å². The lowest BCUT2D eigenvalue weighted by atomic mass is 9.94. The minimum atomic E-state index is 0.479. The molecule has 1 aromatic heterocycles. The number of hydrogen-bond acceptors (Lipinski definition) is 2.